The Hall–Kier alpha value is -4.78. The van der Waals surface area contributed by atoms with Crippen molar-refractivity contribution in [2.75, 3.05) is 19.5 Å². The van der Waals surface area contributed by atoms with Gasteiger partial charge >= 0.3 is 6.09 Å². The van der Waals surface area contributed by atoms with E-state index in [-0.39, 0.29) is 6.61 Å². The van der Waals surface area contributed by atoms with Gasteiger partial charge in [0.05, 0.1) is 19.7 Å². The number of nitrogens with zero attached hydrogens (tertiary/aromatic N) is 1. The Bertz CT molecular complexity index is 1550. The number of ether oxygens (including phenoxy) is 4. The van der Waals surface area contributed by atoms with Gasteiger partial charge in [-0.25, -0.2) is 4.79 Å². The van der Waals surface area contributed by atoms with Crippen LogP contribution in [0.3, 0.4) is 0 Å². The highest BCUT2D eigenvalue weighted by molar-refractivity contribution is 5.92. The van der Waals surface area contributed by atoms with Crippen molar-refractivity contribution in [3.05, 3.63) is 96.7 Å². The van der Waals surface area contributed by atoms with Gasteiger partial charge in [0, 0.05) is 23.3 Å². The molecule has 0 fully saturated rings. The summed E-state index contributed by atoms with van der Waals surface area (Å²) >= 11 is 0. The van der Waals surface area contributed by atoms with Crippen molar-refractivity contribution in [2.24, 2.45) is 0 Å². The molecular weight excluding hydrogens is 492 g/mol. The SMILES string of the molecule is CCC.COc1cc2nccc(Oc3ccc4cc(NC(=O)OCc5ccccc5)ccc4c3)c2cc1OC. The number of carbonyl (C=O) groups is 1. The van der Waals surface area contributed by atoms with Crippen LogP contribution in [-0.4, -0.2) is 25.3 Å². The zero-order valence-electron chi connectivity index (χ0n) is 22.6. The van der Waals surface area contributed by atoms with Crippen LogP contribution in [0.4, 0.5) is 10.5 Å². The second-order valence-corrected chi connectivity index (χ2v) is 8.75. The fraction of sp³-hybridized carbons (Fsp3) is 0.188. The van der Waals surface area contributed by atoms with Crippen LogP contribution in [0.1, 0.15) is 25.8 Å². The predicted molar refractivity (Wildman–Crippen MR) is 155 cm³/mol. The number of hydrogen-bond donors (Lipinski definition) is 1. The Morgan fingerprint density at radius 1 is 0.795 bits per heavy atom. The van der Waals surface area contributed by atoms with Crippen LogP contribution < -0.4 is 19.5 Å². The molecule has 0 bridgehead atoms. The number of rotatable bonds is 7. The van der Waals surface area contributed by atoms with Gasteiger partial charge in [0.1, 0.15) is 18.1 Å². The zero-order chi connectivity index (χ0) is 27.6. The van der Waals surface area contributed by atoms with E-state index in [0.717, 1.165) is 27.2 Å². The number of amides is 1. The van der Waals surface area contributed by atoms with Crippen molar-refractivity contribution >= 4 is 33.5 Å². The number of methoxy groups -OCH3 is 2. The fourth-order valence-electron chi connectivity index (χ4n) is 3.91. The van der Waals surface area contributed by atoms with Crippen molar-refractivity contribution in [2.45, 2.75) is 26.9 Å². The minimum Gasteiger partial charge on any atom is -0.493 e. The lowest BCUT2D eigenvalue weighted by Gasteiger charge is -2.13. The van der Waals surface area contributed by atoms with Crippen LogP contribution in [-0.2, 0) is 11.3 Å². The van der Waals surface area contributed by atoms with Crippen molar-refractivity contribution in [1.29, 1.82) is 0 Å². The van der Waals surface area contributed by atoms with Gasteiger partial charge in [0.15, 0.2) is 11.5 Å². The molecule has 0 saturated heterocycles. The molecule has 0 atom stereocenters. The molecule has 39 heavy (non-hydrogen) atoms. The third-order valence-corrected chi connectivity index (χ3v) is 5.71. The minimum atomic E-state index is -0.505. The average molecular weight is 525 g/mol. The van der Waals surface area contributed by atoms with E-state index in [2.05, 4.69) is 24.1 Å². The Kier molecular flexibility index (Phi) is 9.19. The molecule has 1 heterocycles. The number of fused-ring (bicyclic) bond motifs is 2. The van der Waals surface area contributed by atoms with E-state index < -0.39 is 6.09 Å². The lowest BCUT2D eigenvalue weighted by molar-refractivity contribution is 0.155. The highest BCUT2D eigenvalue weighted by atomic mass is 16.5. The second-order valence-electron chi connectivity index (χ2n) is 8.75. The molecule has 0 aliphatic rings. The molecular formula is C32H32N2O5. The number of carbonyl (C=O) groups excluding carboxylic acids is 1. The fourth-order valence-corrected chi connectivity index (χ4v) is 3.91. The molecule has 5 rings (SSSR count). The van der Waals surface area contributed by atoms with Crippen LogP contribution in [0, 0.1) is 0 Å². The van der Waals surface area contributed by atoms with Crippen molar-refractivity contribution in [1.82, 2.24) is 4.98 Å². The maximum atomic E-state index is 12.2. The summed E-state index contributed by atoms with van der Waals surface area (Å²) < 4.78 is 22.3. The monoisotopic (exact) mass is 524 g/mol. The van der Waals surface area contributed by atoms with E-state index in [9.17, 15) is 4.79 Å². The Balaban J connectivity index is 0.00000112. The molecule has 200 valence electrons. The first kappa shape index (κ1) is 27.3. The van der Waals surface area contributed by atoms with Crippen molar-refractivity contribution in [3.63, 3.8) is 0 Å². The molecule has 1 N–H and O–H groups in total. The molecule has 0 unspecified atom stereocenters. The number of benzene rings is 4. The summed E-state index contributed by atoms with van der Waals surface area (Å²) in [6.07, 6.45) is 2.44. The number of anilines is 1. The van der Waals surface area contributed by atoms with Crippen LogP contribution in [0.5, 0.6) is 23.0 Å². The Morgan fingerprint density at radius 3 is 2.23 bits per heavy atom. The number of pyridine rings is 1. The molecule has 1 aromatic heterocycles. The summed E-state index contributed by atoms with van der Waals surface area (Å²) in [6, 6.07) is 26.4. The third kappa shape index (κ3) is 6.96. The summed E-state index contributed by atoms with van der Waals surface area (Å²) in [7, 11) is 3.18. The summed E-state index contributed by atoms with van der Waals surface area (Å²) in [5.74, 6) is 2.53. The lowest BCUT2D eigenvalue weighted by atomic mass is 10.1. The number of nitrogens with one attached hydrogen (secondary N) is 1. The summed E-state index contributed by atoms with van der Waals surface area (Å²) in [5, 5.41) is 5.51. The van der Waals surface area contributed by atoms with E-state index in [1.54, 1.807) is 20.4 Å². The number of aromatic nitrogens is 1. The first-order valence-corrected chi connectivity index (χ1v) is 12.7. The molecule has 0 radical (unpaired) electrons. The lowest BCUT2D eigenvalue weighted by Crippen LogP contribution is -2.13. The number of hydrogen-bond acceptors (Lipinski definition) is 6. The van der Waals surface area contributed by atoms with Crippen molar-refractivity contribution in [3.8, 4) is 23.0 Å². The molecule has 7 nitrogen and oxygen atoms in total. The normalized spacial score (nSPS) is 10.4. The van der Waals surface area contributed by atoms with Gasteiger partial charge in [-0.15, -0.1) is 0 Å². The standard InChI is InChI=1S/C29H24N2O5.C3H8/c1-33-27-16-24-25(17-28(27)34-2)30-13-12-26(24)36-23-11-9-20-14-22(10-8-21(20)15-23)31-29(32)35-18-19-6-4-3-5-7-19;1-3-2/h3-17H,18H2,1-2H3,(H,31,32);3H2,1-2H3. The molecule has 0 aliphatic heterocycles. The zero-order valence-corrected chi connectivity index (χ0v) is 22.6. The van der Waals surface area contributed by atoms with E-state index in [1.807, 2.05) is 84.9 Å². The highest BCUT2D eigenvalue weighted by Gasteiger charge is 2.12. The molecule has 0 saturated carbocycles. The molecule has 4 aromatic carbocycles. The summed E-state index contributed by atoms with van der Waals surface area (Å²) in [6.45, 7) is 4.46. The average Bonchev–Trinajstić information content (AvgIpc) is 2.96. The van der Waals surface area contributed by atoms with E-state index >= 15 is 0 Å². The van der Waals surface area contributed by atoms with E-state index in [0.29, 0.717) is 28.7 Å². The Labute approximate surface area is 228 Å². The molecule has 0 spiro atoms. The van der Waals surface area contributed by atoms with Gasteiger partial charge in [0.25, 0.3) is 0 Å². The van der Waals surface area contributed by atoms with E-state index in [1.165, 1.54) is 6.42 Å². The third-order valence-electron chi connectivity index (χ3n) is 5.71. The molecule has 1 amide bonds. The van der Waals surface area contributed by atoms with Gasteiger partial charge in [-0.05, 0) is 52.7 Å². The highest BCUT2D eigenvalue weighted by Crippen LogP contribution is 2.37. The first-order chi connectivity index (χ1) is 19.0. The van der Waals surface area contributed by atoms with Gasteiger partial charge < -0.3 is 18.9 Å². The quantitative estimate of drug-likeness (QED) is 0.230. The second kappa shape index (κ2) is 13.1. The largest absolute Gasteiger partial charge is 0.493 e. The molecule has 7 heteroatoms. The molecule has 0 aliphatic carbocycles. The van der Waals surface area contributed by atoms with Gasteiger partial charge in [-0.3, -0.25) is 10.3 Å². The first-order valence-electron chi connectivity index (χ1n) is 12.7. The maximum Gasteiger partial charge on any atom is 0.411 e. The van der Waals surface area contributed by atoms with Crippen molar-refractivity contribution < 1.29 is 23.7 Å². The van der Waals surface area contributed by atoms with Crippen LogP contribution in [0.2, 0.25) is 0 Å². The minimum absolute atomic E-state index is 0.212. The smallest absolute Gasteiger partial charge is 0.411 e. The Morgan fingerprint density at radius 2 is 1.49 bits per heavy atom. The van der Waals surface area contributed by atoms with Crippen LogP contribution in [0.15, 0.2) is 91.1 Å². The van der Waals surface area contributed by atoms with E-state index in [4.69, 9.17) is 18.9 Å². The molecule has 5 aromatic rings. The van der Waals surface area contributed by atoms with Crippen LogP contribution >= 0.6 is 0 Å². The summed E-state index contributed by atoms with van der Waals surface area (Å²) in [4.78, 5) is 16.6. The topological polar surface area (TPSA) is 78.9 Å². The van der Waals surface area contributed by atoms with Gasteiger partial charge in [0.2, 0.25) is 0 Å². The maximum absolute atomic E-state index is 12.2. The van der Waals surface area contributed by atoms with Gasteiger partial charge in [-0.2, -0.15) is 0 Å². The summed E-state index contributed by atoms with van der Waals surface area (Å²) in [5.41, 5.74) is 2.31. The predicted octanol–water partition coefficient (Wildman–Crippen LogP) is 8.36. The van der Waals surface area contributed by atoms with Crippen LogP contribution in [0.25, 0.3) is 21.7 Å². The van der Waals surface area contributed by atoms with Gasteiger partial charge in [-0.1, -0.05) is 62.7 Å².